The van der Waals surface area contributed by atoms with Crippen molar-refractivity contribution in [2.45, 2.75) is 19.3 Å². The Labute approximate surface area is 120 Å². The number of thiophene rings is 1. The van der Waals surface area contributed by atoms with Crippen molar-refractivity contribution in [1.29, 1.82) is 0 Å². The fourth-order valence-electron chi connectivity index (χ4n) is 1.99. The Kier molecular flexibility index (Phi) is 3.73. The van der Waals surface area contributed by atoms with Gasteiger partial charge >= 0.3 is 0 Å². The van der Waals surface area contributed by atoms with Crippen LogP contribution < -0.4 is 5.32 Å². The zero-order valence-corrected chi connectivity index (χ0v) is 11.6. The molecule has 3 rings (SSSR count). The molecule has 0 aliphatic heterocycles. The van der Waals surface area contributed by atoms with Gasteiger partial charge in [0.05, 0.1) is 0 Å². The van der Waals surface area contributed by atoms with Gasteiger partial charge in [-0.25, -0.2) is 0 Å². The minimum atomic E-state index is -0.0280. The van der Waals surface area contributed by atoms with Gasteiger partial charge in [0.1, 0.15) is 0 Å². The number of nitrogens with zero attached hydrogens (tertiary/aromatic N) is 3. The van der Waals surface area contributed by atoms with Crippen LogP contribution in [0.3, 0.4) is 0 Å². The summed E-state index contributed by atoms with van der Waals surface area (Å²) in [7, 11) is 0. The first-order chi connectivity index (χ1) is 9.83. The SMILES string of the molecule is O=C(CCCc1cccs1)Nc1nnc2ccccn12. The average molecular weight is 286 g/mol. The Morgan fingerprint density at radius 2 is 2.20 bits per heavy atom. The number of nitrogens with one attached hydrogen (secondary N) is 1. The maximum absolute atomic E-state index is 11.9. The summed E-state index contributed by atoms with van der Waals surface area (Å²) in [5, 5.41) is 12.8. The second-order valence-electron chi connectivity index (χ2n) is 4.43. The molecule has 3 aromatic heterocycles. The highest BCUT2D eigenvalue weighted by Gasteiger charge is 2.08. The highest BCUT2D eigenvalue weighted by molar-refractivity contribution is 7.09. The van der Waals surface area contributed by atoms with E-state index in [1.165, 1.54) is 4.88 Å². The summed E-state index contributed by atoms with van der Waals surface area (Å²) in [6, 6.07) is 9.73. The van der Waals surface area contributed by atoms with Crippen molar-refractivity contribution in [3.8, 4) is 0 Å². The van der Waals surface area contributed by atoms with E-state index in [0.29, 0.717) is 12.4 Å². The molecule has 0 radical (unpaired) electrons. The molecule has 3 aromatic rings. The lowest BCUT2D eigenvalue weighted by atomic mass is 10.2. The van der Waals surface area contributed by atoms with E-state index in [9.17, 15) is 4.79 Å². The van der Waals surface area contributed by atoms with Gasteiger partial charge in [0.15, 0.2) is 5.65 Å². The molecule has 0 saturated carbocycles. The average Bonchev–Trinajstić information content (AvgIpc) is 3.09. The summed E-state index contributed by atoms with van der Waals surface area (Å²) in [6.07, 6.45) is 4.09. The second kappa shape index (κ2) is 5.83. The molecular formula is C14H14N4OS. The molecule has 102 valence electrons. The molecule has 1 N–H and O–H groups in total. The largest absolute Gasteiger partial charge is 0.294 e. The number of amides is 1. The Hall–Kier alpha value is -2.21. The van der Waals surface area contributed by atoms with Crippen LogP contribution in [0.15, 0.2) is 41.9 Å². The molecule has 0 aliphatic carbocycles. The van der Waals surface area contributed by atoms with Gasteiger partial charge in [-0.05, 0) is 36.4 Å². The Balaban J connectivity index is 1.56. The molecule has 0 unspecified atom stereocenters. The molecule has 3 heterocycles. The van der Waals surface area contributed by atoms with Crippen molar-refractivity contribution in [2.75, 3.05) is 5.32 Å². The molecule has 20 heavy (non-hydrogen) atoms. The topological polar surface area (TPSA) is 59.3 Å². The highest BCUT2D eigenvalue weighted by Crippen LogP contribution is 2.13. The zero-order valence-electron chi connectivity index (χ0n) is 10.8. The van der Waals surface area contributed by atoms with Crippen LogP contribution in [0, 0.1) is 0 Å². The first kappa shape index (κ1) is 12.8. The van der Waals surface area contributed by atoms with Crippen molar-refractivity contribution in [3.05, 3.63) is 46.8 Å². The lowest BCUT2D eigenvalue weighted by Crippen LogP contribution is -2.13. The summed E-state index contributed by atoms with van der Waals surface area (Å²) >= 11 is 1.72. The van der Waals surface area contributed by atoms with Crippen molar-refractivity contribution in [1.82, 2.24) is 14.6 Å². The smallest absolute Gasteiger partial charge is 0.235 e. The molecule has 0 spiro atoms. The maximum atomic E-state index is 11.9. The molecule has 0 aliphatic rings. The van der Waals surface area contributed by atoms with Crippen LogP contribution in [-0.4, -0.2) is 20.5 Å². The number of hydrogen-bond acceptors (Lipinski definition) is 4. The first-order valence-corrected chi connectivity index (χ1v) is 7.33. The summed E-state index contributed by atoms with van der Waals surface area (Å²) in [5.41, 5.74) is 0.724. The predicted octanol–water partition coefficient (Wildman–Crippen LogP) is 2.75. The third kappa shape index (κ3) is 2.85. The number of anilines is 1. The van der Waals surface area contributed by atoms with Crippen molar-refractivity contribution >= 4 is 28.8 Å². The molecule has 0 fully saturated rings. The molecule has 0 bridgehead atoms. The van der Waals surface area contributed by atoms with Gasteiger partial charge in [0, 0.05) is 17.5 Å². The van der Waals surface area contributed by atoms with Crippen LogP contribution >= 0.6 is 11.3 Å². The van der Waals surface area contributed by atoms with E-state index in [4.69, 9.17) is 0 Å². The molecule has 5 nitrogen and oxygen atoms in total. The third-order valence-corrected chi connectivity index (χ3v) is 3.91. The predicted molar refractivity (Wildman–Crippen MR) is 78.9 cm³/mol. The van der Waals surface area contributed by atoms with Crippen molar-refractivity contribution in [2.24, 2.45) is 0 Å². The van der Waals surface area contributed by atoms with E-state index in [2.05, 4.69) is 27.0 Å². The number of fused-ring (bicyclic) bond motifs is 1. The number of rotatable bonds is 5. The Morgan fingerprint density at radius 3 is 3.05 bits per heavy atom. The minimum absolute atomic E-state index is 0.0280. The number of aromatic nitrogens is 3. The summed E-state index contributed by atoms with van der Waals surface area (Å²) in [6.45, 7) is 0. The minimum Gasteiger partial charge on any atom is -0.294 e. The second-order valence-corrected chi connectivity index (χ2v) is 5.47. The fourth-order valence-corrected chi connectivity index (χ4v) is 2.74. The Bertz CT molecular complexity index is 705. The van der Waals surface area contributed by atoms with Gasteiger partial charge in [0.2, 0.25) is 11.9 Å². The van der Waals surface area contributed by atoms with E-state index in [1.807, 2.05) is 30.5 Å². The number of hydrogen-bond donors (Lipinski definition) is 1. The molecular weight excluding hydrogens is 272 g/mol. The molecule has 0 atom stereocenters. The number of carbonyl (C=O) groups excluding carboxylic acids is 1. The van der Waals surface area contributed by atoms with Gasteiger partial charge in [-0.3, -0.25) is 14.5 Å². The molecule has 0 saturated heterocycles. The van der Waals surface area contributed by atoms with Gasteiger partial charge < -0.3 is 0 Å². The van der Waals surface area contributed by atoms with Gasteiger partial charge in [-0.1, -0.05) is 12.1 Å². The van der Waals surface area contributed by atoms with E-state index in [1.54, 1.807) is 15.7 Å². The molecule has 0 aromatic carbocycles. The van der Waals surface area contributed by atoms with Crippen molar-refractivity contribution in [3.63, 3.8) is 0 Å². The molecule has 1 amide bonds. The van der Waals surface area contributed by atoms with Crippen LogP contribution in [0.4, 0.5) is 5.95 Å². The summed E-state index contributed by atoms with van der Waals surface area (Å²) in [4.78, 5) is 13.2. The normalized spacial score (nSPS) is 10.8. The maximum Gasteiger partial charge on any atom is 0.235 e. The zero-order chi connectivity index (χ0) is 13.8. The third-order valence-electron chi connectivity index (χ3n) is 2.97. The lowest BCUT2D eigenvalue weighted by molar-refractivity contribution is -0.116. The van der Waals surface area contributed by atoms with Crippen LogP contribution in [0.2, 0.25) is 0 Å². The Morgan fingerprint density at radius 1 is 1.25 bits per heavy atom. The lowest BCUT2D eigenvalue weighted by Gasteiger charge is -2.02. The van der Waals surface area contributed by atoms with Crippen LogP contribution in [0.1, 0.15) is 17.7 Å². The number of carbonyl (C=O) groups is 1. The van der Waals surface area contributed by atoms with E-state index in [-0.39, 0.29) is 5.91 Å². The van der Waals surface area contributed by atoms with Gasteiger partial charge in [0.25, 0.3) is 0 Å². The van der Waals surface area contributed by atoms with Crippen LogP contribution in [0.5, 0.6) is 0 Å². The number of pyridine rings is 1. The van der Waals surface area contributed by atoms with Gasteiger partial charge in [-0.15, -0.1) is 21.5 Å². The van der Waals surface area contributed by atoms with Gasteiger partial charge in [-0.2, -0.15) is 0 Å². The van der Waals surface area contributed by atoms with Crippen molar-refractivity contribution < 1.29 is 4.79 Å². The highest BCUT2D eigenvalue weighted by atomic mass is 32.1. The number of aryl methyl sites for hydroxylation is 1. The molecule has 6 heteroatoms. The van der Waals surface area contributed by atoms with Crippen LogP contribution in [0.25, 0.3) is 5.65 Å². The summed E-state index contributed by atoms with van der Waals surface area (Å²) in [5.74, 6) is 0.446. The standard InChI is InChI=1S/C14H14N4OS/c19-13(8-3-5-11-6-4-10-20-11)15-14-17-16-12-7-1-2-9-18(12)14/h1-2,4,6-7,9-10H,3,5,8H2,(H,15,17,19). The summed E-state index contributed by atoms with van der Waals surface area (Å²) < 4.78 is 1.76. The van der Waals surface area contributed by atoms with E-state index >= 15 is 0 Å². The van der Waals surface area contributed by atoms with Crippen LogP contribution in [-0.2, 0) is 11.2 Å². The fraction of sp³-hybridized carbons (Fsp3) is 0.214. The first-order valence-electron chi connectivity index (χ1n) is 6.45. The quantitative estimate of drug-likeness (QED) is 0.784. The van der Waals surface area contributed by atoms with E-state index < -0.39 is 0 Å². The monoisotopic (exact) mass is 286 g/mol. The van der Waals surface area contributed by atoms with E-state index in [0.717, 1.165) is 18.5 Å².